The molecule has 0 amide bonds. The van der Waals surface area contributed by atoms with E-state index in [1.54, 1.807) is 11.3 Å². The van der Waals surface area contributed by atoms with Crippen LogP contribution in [0, 0.1) is 0 Å². The van der Waals surface area contributed by atoms with Crippen LogP contribution < -0.4 is 11.1 Å². The van der Waals surface area contributed by atoms with Gasteiger partial charge in [0.05, 0.1) is 0 Å². The molecule has 0 aliphatic carbocycles. The number of nitrogens with two attached hydrogens (primary N) is 1. The number of nitrogen functional groups attached to an aromatic ring is 1. The number of nitrogens with one attached hydrogen (secondary N) is 1. The Balaban J connectivity index is 0.00000147. The molecule has 1 aromatic carbocycles. The number of hydrogen-bond donors (Lipinski definition) is 2. The maximum absolute atomic E-state index is 5.66. The minimum Gasteiger partial charge on any atom is -0.381 e. The molecule has 2 aromatic rings. The molecule has 3 rings (SSSR count). The van der Waals surface area contributed by atoms with Crippen molar-refractivity contribution in [3.63, 3.8) is 0 Å². The number of likely N-dealkylation sites (tertiary alicyclic amines) is 1. The van der Waals surface area contributed by atoms with Crippen LogP contribution in [0.25, 0.3) is 0 Å². The summed E-state index contributed by atoms with van der Waals surface area (Å²) in [5, 5.41) is 4.24. The summed E-state index contributed by atoms with van der Waals surface area (Å²) in [4.78, 5) is 7.80. The van der Waals surface area contributed by atoms with Crippen LogP contribution in [0.15, 0.2) is 36.5 Å². The van der Waals surface area contributed by atoms with E-state index < -0.39 is 0 Å². The molecule has 1 aliphatic heterocycles. The molecule has 4 nitrogen and oxygen atoms in total. The average Bonchev–Trinajstić information content (AvgIpc) is 3.01. The van der Waals surface area contributed by atoms with Gasteiger partial charge in [-0.25, -0.2) is 4.98 Å². The summed E-state index contributed by atoms with van der Waals surface area (Å²) in [6.07, 6.45) is 3.07. The molecule has 20 heavy (non-hydrogen) atoms. The van der Waals surface area contributed by atoms with Crippen molar-refractivity contribution >= 4 is 34.6 Å². The van der Waals surface area contributed by atoms with Gasteiger partial charge in [0.15, 0.2) is 5.13 Å². The first kappa shape index (κ1) is 15.1. The van der Waals surface area contributed by atoms with Crippen LogP contribution in [0.5, 0.6) is 0 Å². The summed E-state index contributed by atoms with van der Waals surface area (Å²) < 4.78 is 0. The summed E-state index contributed by atoms with van der Waals surface area (Å²) in [5.41, 5.74) is 6.86. The van der Waals surface area contributed by atoms with Crippen LogP contribution in [-0.2, 0) is 6.54 Å². The van der Waals surface area contributed by atoms with Gasteiger partial charge in [-0.05, 0) is 18.6 Å². The minimum atomic E-state index is 0. The minimum absolute atomic E-state index is 0. The molecule has 3 N–H and O–H groups in total. The number of hydrogen-bond acceptors (Lipinski definition) is 5. The molecule has 2 heterocycles. The Morgan fingerprint density at radius 2 is 2.15 bits per heavy atom. The van der Waals surface area contributed by atoms with Crippen molar-refractivity contribution in [3.8, 4) is 0 Å². The number of benzene rings is 1. The molecule has 0 radical (unpaired) electrons. The molecule has 1 unspecified atom stereocenters. The molecule has 1 saturated heterocycles. The molecule has 0 bridgehead atoms. The molecule has 0 saturated carbocycles. The molecule has 1 fully saturated rings. The van der Waals surface area contributed by atoms with Crippen molar-refractivity contribution in [3.05, 3.63) is 41.4 Å². The van der Waals surface area contributed by atoms with E-state index in [9.17, 15) is 0 Å². The number of thiazole rings is 1. The van der Waals surface area contributed by atoms with E-state index in [1.165, 1.54) is 17.0 Å². The van der Waals surface area contributed by atoms with E-state index >= 15 is 0 Å². The van der Waals surface area contributed by atoms with Crippen LogP contribution in [-0.4, -0.2) is 29.0 Å². The monoisotopic (exact) mass is 310 g/mol. The van der Waals surface area contributed by atoms with Gasteiger partial charge in [-0.15, -0.1) is 23.7 Å². The van der Waals surface area contributed by atoms with Crippen molar-refractivity contribution in [1.29, 1.82) is 0 Å². The second-order valence-electron chi connectivity index (χ2n) is 4.90. The third kappa shape index (κ3) is 3.85. The van der Waals surface area contributed by atoms with E-state index in [2.05, 4.69) is 39.5 Å². The van der Waals surface area contributed by atoms with E-state index in [4.69, 9.17) is 5.73 Å². The zero-order valence-electron chi connectivity index (χ0n) is 11.2. The third-order valence-electron chi connectivity index (χ3n) is 3.37. The van der Waals surface area contributed by atoms with Crippen LogP contribution in [0.3, 0.4) is 0 Å². The van der Waals surface area contributed by atoms with Gasteiger partial charge in [-0.2, -0.15) is 0 Å². The Morgan fingerprint density at radius 1 is 1.35 bits per heavy atom. The smallest absolute Gasteiger partial charge is 0.180 e. The largest absolute Gasteiger partial charge is 0.381 e. The molecule has 6 heteroatoms. The Morgan fingerprint density at radius 3 is 2.85 bits per heavy atom. The lowest BCUT2D eigenvalue weighted by Gasteiger charge is -2.16. The zero-order valence-corrected chi connectivity index (χ0v) is 12.8. The zero-order chi connectivity index (χ0) is 13.1. The van der Waals surface area contributed by atoms with Crippen molar-refractivity contribution in [1.82, 2.24) is 9.88 Å². The first-order chi connectivity index (χ1) is 9.29. The lowest BCUT2D eigenvalue weighted by atomic mass is 10.2. The maximum atomic E-state index is 5.66. The maximum Gasteiger partial charge on any atom is 0.180 e. The topological polar surface area (TPSA) is 54.2 Å². The highest BCUT2D eigenvalue weighted by atomic mass is 35.5. The molecule has 1 aliphatic rings. The number of aromatic nitrogens is 1. The lowest BCUT2D eigenvalue weighted by Crippen LogP contribution is -2.25. The molecular weight excluding hydrogens is 292 g/mol. The molecular formula is C14H19ClN4S. The van der Waals surface area contributed by atoms with Gasteiger partial charge in [0.2, 0.25) is 0 Å². The molecule has 1 aromatic heterocycles. The normalized spacial score (nSPS) is 18.7. The quantitative estimate of drug-likeness (QED) is 0.912. The van der Waals surface area contributed by atoms with Gasteiger partial charge >= 0.3 is 0 Å². The first-order valence-corrected chi connectivity index (χ1v) is 7.35. The predicted molar refractivity (Wildman–Crippen MR) is 87.5 cm³/mol. The van der Waals surface area contributed by atoms with Gasteiger partial charge in [0.1, 0.15) is 0 Å². The highest BCUT2D eigenvalue weighted by Crippen LogP contribution is 2.21. The van der Waals surface area contributed by atoms with Crippen molar-refractivity contribution < 1.29 is 0 Å². The average molecular weight is 311 g/mol. The Labute approximate surface area is 129 Å². The molecule has 1 atom stereocenters. The van der Waals surface area contributed by atoms with Crippen molar-refractivity contribution in [2.45, 2.75) is 19.0 Å². The SMILES string of the molecule is Cl.Nc1ncc(CN2CCC(Nc3ccccc3)C2)s1. The van der Waals surface area contributed by atoms with Crippen LogP contribution >= 0.6 is 23.7 Å². The number of anilines is 2. The first-order valence-electron chi connectivity index (χ1n) is 6.54. The fraction of sp³-hybridized carbons (Fsp3) is 0.357. The van der Waals surface area contributed by atoms with Gasteiger partial charge in [-0.1, -0.05) is 18.2 Å². The highest BCUT2D eigenvalue weighted by Gasteiger charge is 2.22. The second kappa shape index (κ2) is 6.92. The molecule has 108 valence electrons. The summed E-state index contributed by atoms with van der Waals surface area (Å²) in [6.45, 7) is 3.16. The van der Waals surface area contributed by atoms with Gasteiger partial charge in [0, 0.05) is 42.4 Å². The van der Waals surface area contributed by atoms with Crippen molar-refractivity contribution in [2.24, 2.45) is 0 Å². The fourth-order valence-electron chi connectivity index (χ4n) is 2.48. The van der Waals surface area contributed by atoms with Gasteiger partial charge in [-0.3, -0.25) is 4.90 Å². The summed E-state index contributed by atoms with van der Waals surface area (Å²) in [6, 6.07) is 10.9. The Kier molecular flexibility index (Phi) is 5.23. The molecule has 0 spiro atoms. The Hall–Kier alpha value is -1.30. The van der Waals surface area contributed by atoms with Crippen molar-refractivity contribution in [2.75, 3.05) is 24.1 Å². The van der Waals surface area contributed by atoms with E-state index in [-0.39, 0.29) is 12.4 Å². The summed E-state index contributed by atoms with van der Waals surface area (Å²) >= 11 is 1.58. The standard InChI is InChI=1S/C14H18N4S.ClH/c15-14-16-8-13(19-14)10-18-7-6-12(9-18)17-11-4-2-1-3-5-11;/h1-5,8,12,17H,6-7,9-10H2,(H2,15,16);1H. The van der Waals surface area contributed by atoms with E-state index in [0.29, 0.717) is 11.2 Å². The number of para-hydroxylation sites is 1. The fourth-order valence-corrected chi connectivity index (χ4v) is 3.21. The van der Waals surface area contributed by atoms with Crippen LogP contribution in [0.1, 0.15) is 11.3 Å². The van der Waals surface area contributed by atoms with E-state index in [1.807, 2.05) is 12.3 Å². The van der Waals surface area contributed by atoms with Crippen LogP contribution in [0.2, 0.25) is 0 Å². The van der Waals surface area contributed by atoms with Gasteiger partial charge in [0.25, 0.3) is 0 Å². The lowest BCUT2D eigenvalue weighted by molar-refractivity contribution is 0.331. The predicted octanol–water partition coefficient (Wildman–Crippen LogP) is 2.83. The third-order valence-corrected chi connectivity index (χ3v) is 4.18. The highest BCUT2D eigenvalue weighted by molar-refractivity contribution is 7.15. The summed E-state index contributed by atoms with van der Waals surface area (Å²) in [7, 11) is 0. The summed E-state index contributed by atoms with van der Waals surface area (Å²) in [5.74, 6) is 0. The van der Waals surface area contributed by atoms with Gasteiger partial charge < -0.3 is 11.1 Å². The Bertz CT molecular complexity index is 531. The van der Waals surface area contributed by atoms with Crippen LogP contribution in [0.4, 0.5) is 10.8 Å². The van der Waals surface area contributed by atoms with E-state index in [0.717, 1.165) is 19.6 Å². The number of halogens is 1. The number of nitrogens with zero attached hydrogens (tertiary/aromatic N) is 2. The number of rotatable bonds is 4. The second-order valence-corrected chi connectivity index (χ2v) is 6.04.